The van der Waals surface area contributed by atoms with E-state index in [1.807, 2.05) is 0 Å². The lowest BCUT2D eigenvalue weighted by Gasteiger charge is -2.21. The van der Waals surface area contributed by atoms with Crippen LogP contribution in [0.15, 0.2) is 35.8 Å². The molecule has 1 saturated heterocycles. The molecule has 4 nitrogen and oxygen atoms in total. The van der Waals surface area contributed by atoms with E-state index < -0.39 is 11.6 Å². The third kappa shape index (κ3) is 3.71. The van der Waals surface area contributed by atoms with E-state index in [0.717, 1.165) is 6.42 Å². The Labute approximate surface area is 123 Å². The Kier molecular flexibility index (Phi) is 5.14. The van der Waals surface area contributed by atoms with Crippen LogP contribution in [0.25, 0.3) is 0 Å². The zero-order valence-electron chi connectivity index (χ0n) is 12.1. The van der Waals surface area contributed by atoms with Crippen molar-refractivity contribution >= 4 is 11.6 Å². The fourth-order valence-electron chi connectivity index (χ4n) is 2.43. The molecule has 1 aliphatic heterocycles. The van der Waals surface area contributed by atoms with Gasteiger partial charge in [0.05, 0.1) is 0 Å². The molecule has 1 fully saturated rings. The van der Waals surface area contributed by atoms with Gasteiger partial charge in [0.1, 0.15) is 17.3 Å². The summed E-state index contributed by atoms with van der Waals surface area (Å²) in [6, 6.07) is 4.04. The molecular weight excluding hydrogens is 274 g/mol. The van der Waals surface area contributed by atoms with E-state index >= 15 is 0 Å². The van der Waals surface area contributed by atoms with Gasteiger partial charge in [-0.2, -0.15) is 0 Å². The first kappa shape index (κ1) is 15.3. The van der Waals surface area contributed by atoms with Crippen LogP contribution in [-0.2, 0) is 0 Å². The molecule has 1 atom stereocenters. The zero-order valence-corrected chi connectivity index (χ0v) is 12.1. The van der Waals surface area contributed by atoms with Crippen molar-refractivity contribution in [3.8, 4) is 0 Å². The predicted molar refractivity (Wildman–Crippen MR) is 81.7 cm³/mol. The average molecular weight is 294 g/mol. The number of nitrogens with one attached hydrogen (secondary N) is 2. The number of halogens is 2. The smallest absolute Gasteiger partial charge is 0.191 e. The second-order valence-corrected chi connectivity index (χ2v) is 4.89. The third-order valence-electron chi connectivity index (χ3n) is 3.42. The lowest BCUT2D eigenvalue weighted by molar-refractivity contribution is 0.576. The van der Waals surface area contributed by atoms with Crippen molar-refractivity contribution in [2.75, 3.05) is 31.6 Å². The van der Waals surface area contributed by atoms with Gasteiger partial charge in [0.2, 0.25) is 0 Å². The van der Waals surface area contributed by atoms with Gasteiger partial charge >= 0.3 is 0 Å². The van der Waals surface area contributed by atoms with Gasteiger partial charge in [0.25, 0.3) is 0 Å². The van der Waals surface area contributed by atoms with Crippen LogP contribution < -0.4 is 15.5 Å². The highest BCUT2D eigenvalue weighted by atomic mass is 19.1. The fourth-order valence-corrected chi connectivity index (χ4v) is 2.43. The molecule has 1 heterocycles. The van der Waals surface area contributed by atoms with E-state index in [4.69, 9.17) is 0 Å². The Morgan fingerprint density at radius 3 is 2.81 bits per heavy atom. The van der Waals surface area contributed by atoms with Crippen LogP contribution >= 0.6 is 0 Å². The fraction of sp³-hybridized carbons (Fsp3) is 0.400. The molecule has 2 rings (SSSR count). The normalized spacial score (nSPS) is 18.7. The summed E-state index contributed by atoms with van der Waals surface area (Å²) in [5, 5.41) is 6.32. The summed E-state index contributed by atoms with van der Waals surface area (Å²) in [5.74, 6) is -0.384. The van der Waals surface area contributed by atoms with Crippen molar-refractivity contribution in [3.05, 3.63) is 42.5 Å². The molecule has 0 amide bonds. The Morgan fingerprint density at radius 1 is 1.48 bits per heavy atom. The number of aliphatic imine (C=N–C) groups is 1. The van der Waals surface area contributed by atoms with Gasteiger partial charge in [-0.15, -0.1) is 6.58 Å². The summed E-state index contributed by atoms with van der Waals surface area (Å²) in [6.07, 6.45) is 2.53. The predicted octanol–water partition coefficient (Wildman–Crippen LogP) is 1.89. The summed E-state index contributed by atoms with van der Waals surface area (Å²) in [4.78, 5) is 5.83. The number of para-hydroxylation sites is 1. The average Bonchev–Trinajstić information content (AvgIpc) is 2.91. The molecule has 21 heavy (non-hydrogen) atoms. The highest BCUT2D eigenvalue weighted by Gasteiger charge is 2.27. The summed E-state index contributed by atoms with van der Waals surface area (Å²) in [6.45, 7) is 5.38. The number of nitrogens with zero attached hydrogens (tertiary/aromatic N) is 2. The molecule has 1 aromatic rings. The molecule has 0 bridgehead atoms. The maximum Gasteiger partial charge on any atom is 0.191 e. The molecule has 2 N–H and O–H groups in total. The van der Waals surface area contributed by atoms with Crippen LogP contribution in [0.1, 0.15) is 6.42 Å². The monoisotopic (exact) mass is 294 g/mol. The quantitative estimate of drug-likeness (QED) is 0.506. The molecule has 1 unspecified atom stereocenters. The van der Waals surface area contributed by atoms with E-state index in [1.165, 1.54) is 18.2 Å². The number of rotatable bonds is 4. The number of anilines is 1. The van der Waals surface area contributed by atoms with Crippen molar-refractivity contribution in [2.24, 2.45) is 4.99 Å². The van der Waals surface area contributed by atoms with Gasteiger partial charge in [-0.3, -0.25) is 4.99 Å². The largest absolute Gasteiger partial charge is 0.365 e. The molecule has 0 aromatic heterocycles. The van der Waals surface area contributed by atoms with E-state index in [9.17, 15) is 8.78 Å². The van der Waals surface area contributed by atoms with Crippen molar-refractivity contribution in [3.63, 3.8) is 0 Å². The van der Waals surface area contributed by atoms with Gasteiger partial charge in [-0.25, -0.2) is 8.78 Å². The highest BCUT2D eigenvalue weighted by Crippen LogP contribution is 2.26. The van der Waals surface area contributed by atoms with Crippen LogP contribution in [-0.4, -0.2) is 38.7 Å². The van der Waals surface area contributed by atoms with Gasteiger partial charge in [-0.05, 0) is 18.6 Å². The van der Waals surface area contributed by atoms with Crippen molar-refractivity contribution in [1.82, 2.24) is 10.6 Å². The summed E-state index contributed by atoms with van der Waals surface area (Å²) in [5.41, 5.74) is 0.0517. The summed E-state index contributed by atoms with van der Waals surface area (Å²) in [7, 11) is 1.68. The summed E-state index contributed by atoms with van der Waals surface area (Å²) < 4.78 is 27.6. The van der Waals surface area contributed by atoms with Crippen molar-refractivity contribution < 1.29 is 8.78 Å². The molecule has 0 saturated carbocycles. The van der Waals surface area contributed by atoms with Crippen LogP contribution in [0.3, 0.4) is 0 Å². The number of benzene rings is 1. The topological polar surface area (TPSA) is 39.7 Å². The minimum Gasteiger partial charge on any atom is -0.365 e. The second-order valence-electron chi connectivity index (χ2n) is 4.89. The van der Waals surface area contributed by atoms with E-state index in [1.54, 1.807) is 18.0 Å². The Bertz CT molecular complexity index is 510. The first-order valence-corrected chi connectivity index (χ1v) is 6.92. The maximum atomic E-state index is 13.8. The molecule has 0 spiro atoms. The standard InChI is InChI=1S/C15H20F2N4/c1-3-8-19-15(18-2)20-11-7-9-21(10-11)14-12(16)5-4-6-13(14)17/h3-6,11H,1,7-10H2,2H3,(H2,18,19,20). The number of hydrogen-bond donors (Lipinski definition) is 2. The van der Waals surface area contributed by atoms with E-state index in [0.29, 0.717) is 25.6 Å². The van der Waals surface area contributed by atoms with Gasteiger partial charge < -0.3 is 15.5 Å². The lowest BCUT2D eigenvalue weighted by atomic mass is 10.2. The zero-order chi connectivity index (χ0) is 15.2. The minimum absolute atomic E-state index is 0.0517. The third-order valence-corrected chi connectivity index (χ3v) is 3.42. The molecule has 0 aliphatic carbocycles. The van der Waals surface area contributed by atoms with E-state index in [-0.39, 0.29) is 11.7 Å². The minimum atomic E-state index is -0.523. The Balaban J connectivity index is 1.99. The van der Waals surface area contributed by atoms with Gasteiger partial charge in [0, 0.05) is 32.7 Å². The van der Waals surface area contributed by atoms with Crippen LogP contribution in [0.5, 0.6) is 0 Å². The maximum absolute atomic E-state index is 13.8. The lowest BCUT2D eigenvalue weighted by Crippen LogP contribution is -2.44. The first-order chi connectivity index (χ1) is 10.2. The van der Waals surface area contributed by atoms with Crippen molar-refractivity contribution in [1.29, 1.82) is 0 Å². The highest BCUT2D eigenvalue weighted by molar-refractivity contribution is 5.80. The second kappa shape index (κ2) is 7.06. The molecule has 1 aliphatic rings. The van der Waals surface area contributed by atoms with Crippen LogP contribution in [0, 0.1) is 11.6 Å². The SMILES string of the molecule is C=CCNC(=NC)NC1CCN(c2c(F)cccc2F)C1. The van der Waals surface area contributed by atoms with Gasteiger partial charge in [-0.1, -0.05) is 12.1 Å². The number of hydrogen-bond acceptors (Lipinski definition) is 2. The van der Waals surface area contributed by atoms with E-state index in [2.05, 4.69) is 22.2 Å². The Hall–Kier alpha value is -2.11. The molecule has 6 heteroatoms. The molecular formula is C15H20F2N4. The first-order valence-electron chi connectivity index (χ1n) is 6.92. The van der Waals surface area contributed by atoms with Crippen LogP contribution in [0.2, 0.25) is 0 Å². The van der Waals surface area contributed by atoms with Crippen LogP contribution in [0.4, 0.5) is 14.5 Å². The van der Waals surface area contributed by atoms with Crippen molar-refractivity contribution in [2.45, 2.75) is 12.5 Å². The number of guanidine groups is 1. The molecule has 114 valence electrons. The summed E-state index contributed by atoms with van der Waals surface area (Å²) >= 11 is 0. The molecule has 1 aromatic carbocycles. The molecule has 0 radical (unpaired) electrons. The Morgan fingerprint density at radius 2 is 2.19 bits per heavy atom. The van der Waals surface area contributed by atoms with Gasteiger partial charge in [0.15, 0.2) is 5.96 Å².